The highest BCUT2D eigenvalue weighted by molar-refractivity contribution is 5.85. The standard InChI is InChI=1S/C30H35N7O4/c1-29(8-9-29)28(39)34-12-10-30(40,11-13-34)19-35-20-31-26-25(27(35)38)17-33-37(26)24-4-2-21(3-5-24)22-16-32-36(18-22)23-6-14-41-15-7-23/h2-5,16-18,20,23,40H,6-15,19H2,1H3. The first kappa shape index (κ1) is 26.1. The van der Waals surface area contributed by atoms with Gasteiger partial charge in [-0.05, 0) is 56.2 Å². The molecule has 1 saturated carbocycles. The Bertz CT molecular complexity index is 1640. The molecule has 0 bridgehead atoms. The van der Waals surface area contributed by atoms with Gasteiger partial charge < -0.3 is 14.7 Å². The van der Waals surface area contributed by atoms with Crippen molar-refractivity contribution in [2.24, 2.45) is 5.41 Å². The maximum atomic E-state index is 13.4. The summed E-state index contributed by atoms with van der Waals surface area (Å²) < 4.78 is 10.6. The summed E-state index contributed by atoms with van der Waals surface area (Å²) in [7, 11) is 0. The summed E-state index contributed by atoms with van der Waals surface area (Å²) in [5.74, 6) is 0.185. The molecular weight excluding hydrogens is 522 g/mol. The van der Waals surface area contributed by atoms with Gasteiger partial charge in [-0.1, -0.05) is 19.1 Å². The van der Waals surface area contributed by atoms with E-state index in [9.17, 15) is 14.7 Å². The lowest BCUT2D eigenvalue weighted by Gasteiger charge is -2.39. The number of aliphatic hydroxyl groups is 1. The van der Waals surface area contributed by atoms with Gasteiger partial charge in [0.2, 0.25) is 5.91 Å². The second-order valence-corrected chi connectivity index (χ2v) is 12.1. The molecule has 0 radical (unpaired) electrons. The summed E-state index contributed by atoms with van der Waals surface area (Å²) in [4.78, 5) is 32.5. The first-order valence-corrected chi connectivity index (χ1v) is 14.5. The van der Waals surface area contributed by atoms with Gasteiger partial charge in [0, 0.05) is 43.5 Å². The zero-order valence-electron chi connectivity index (χ0n) is 23.3. The van der Waals surface area contributed by atoms with E-state index in [-0.39, 0.29) is 23.4 Å². The van der Waals surface area contributed by atoms with Gasteiger partial charge in [-0.2, -0.15) is 10.2 Å². The molecule has 41 heavy (non-hydrogen) atoms. The average Bonchev–Trinajstić information content (AvgIpc) is 3.36. The quantitative estimate of drug-likeness (QED) is 0.387. The highest BCUT2D eigenvalue weighted by Crippen LogP contribution is 2.47. The molecule has 0 atom stereocenters. The van der Waals surface area contributed by atoms with Gasteiger partial charge in [0.15, 0.2) is 5.65 Å². The Morgan fingerprint density at radius 3 is 2.46 bits per heavy atom. The monoisotopic (exact) mass is 557 g/mol. The number of fused-ring (bicyclic) bond motifs is 1. The Balaban J connectivity index is 1.06. The number of carbonyl (C=O) groups excluding carboxylic acids is 1. The minimum absolute atomic E-state index is 0.134. The van der Waals surface area contributed by atoms with E-state index in [1.165, 1.54) is 17.1 Å². The van der Waals surface area contributed by atoms with Crippen LogP contribution in [0, 0.1) is 5.41 Å². The third kappa shape index (κ3) is 4.87. The van der Waals surface area contributed by atoms with Crippen LogP contribution in [-0.4, -0.2) is 76.9 Å². The number of ether oxygens (including phenoxy) is 1. The van der Waals surface area contributed by atoms with Gasteiger partial charge in [-0.3, -0.25) is 18.8 Å². The Morgan fingerprint density at radius 2 is 1.76 bits per heavy atom. The molecule has 11 heteroatoms. The van der Waals surface area contributed by atoms with Gasteiger partial charge in [-0.25, -0.2) is 9.67 Å². The van der Waals surface area contributed by atoms with Crippen LogP contribution in [0.25, 0.3) is 27.8 Å². The molecule has 1 aliphatic carbocycles. The van der Waals surface area contributed by atoms with E-state index in [0.29, 0.717) is 43.0 Å². The molecule has 3 aromatic heterocycles. The summed E-state index contributed by atoms with van der Waals surface area (Å²) in [6.07, 6.45) is 11.7. The largest absolute Gasteiger partial charge is 0.388 e. The van der Waals surface area contributed by atoms with Crippen LogP contribution in [0.2, 0.25) is 0 Å². The molecule has 214 valence electrons. The molecule has 1 N–H and O–H groups in total. The average molecular weight is 558 g/mol. The zero-order chi connectivity index (χ0) is 28.2. The lowest BCUT2D eigenvalue weighted by atomic mass is 9.90. The van der Waals surface area contributed by atoms with Crippen molar-refractivity contribution in [2.75, 3.05) is 26.3 Å². The number of aromatic nitrogens is 6. The third-order valence-corrected chi connectivity index (χ3v) is 9.13. The van der Waals surface area contributed by atoms with E-state index in [1.54, 1.807) is 4.68 Å². The van der Waals surface area contributed by atoms with E-state index in [0.717, 1.165) is 55.7 Å². The van der Waals surface area contributed by atoms with E-state index in [4.69, 9.17) is 4.74 Å². The number of piperidine rings is 1. The summed E-state index contributed by atoms with van der Waals surface area (Å²) in [6.45, 7) is 4.68. The van der Waals surface area contributed by atoms with Crippen LogP contribution in [-0.2, 0) is 16.1 Å². The lowest BCUT2D eigenvalue weighted by molar-refractivity contribution is -0.141. The highest BCUT2D eigenvalue weighted by atomic mass is 16.5. The van der Waals surface area contributed by atoms with Crippen molar-refractivity contribution in [3.05, 3.63) is 59.5 Å². The molecule has 5 heterocycles. The van der Waals surface area contributed by atoms with Gasteiger partial charge in [0.25, 0.3) is 5.56 Å². The molecule has 0 unspecified atom stereocenters. The highest BCUT2D eigenvalue weighted by Gasteiger charge is 2.48. The zero-order valence-corrected chi connectivity index (χ0v) is 23.3. The minimum atomic E-state index is -1.06. The molecule has 7 rings (SSSR count). The van der Waals surface area contributed by atoms with Crippen LogP contribution in [0.3, 0.4) is 0 Å². The van der Waals surface area contributed by atoms with E-state index in [1.807, 2.05) is 47.0 Å². The van der Waals surface area contributed by atoms with Crippen LogP contribution in [0.5, 0.6) is 0 Å². The maximum Gasteiger partial charge on any atom is 0.264 e. The number of hydrogen-bond acceptors (Lipinski definition) is 7. The van der Waals surface area contributed by atoms with Crippen molar-refractivity contribution in [3.63, 3.8) is 0 Å². The number of nitrogens with zero attached hydrogens (tertiary/aromatic N) is 7. The first-order chi connectivity index (χ1) is 19.8. The molecule has 3 aliphatic rings. The molecule has 1 amide bonds. The predicted molar refractivity (Wildman–Crippen MR) is 152 cm³/mol. The van der Waals surface area contributed by atoms with Crippen LogP contribution in [0.15, 0.2) is 54.0 Å². The van der Waals surface area contributed by atoms with Crippen molar-refractivity contribution in [1.82, 2.24) is 34.0 Å². The molecule has 1 aromatic carbocycles. The van der Waals surface area contributed by atoms with Crippen molar-refractivity contribution in [1.29, 1.82) is 0 Å². The third-order valence-electron chi connectivity index (χ3n) is 9.13. The Labute approximate surface area is 237 Å². The van der Waals surface area contributed by atoms with E-state index >= 15 is 0 Å². The second kappa shape index (κ2) is 9.92. The summed E-state index contributed by atoms with van der Waals surface area (Å²) in [6, 6.07) is 8.33. The fourth-order valence-corrected chi connectivity index (χ4v) is 6.07. The van der Waals surface area contributed by atoms with Crippen LogP contribution >= 0.6 is 0 Å². The normalized spacial score (nSPS) is 20.4. The SMILES string of the molecule is CC1(C(=O)N2CCC(O)(Cn3cnc4c(cnn4-c4ccc(-c5cnn(C6CCOCC6)c5)cc4)c3=O)CC2)CC1. The molecule has 3 fully saturated rings. The van der Waals surface area contributed by atoms with Crippen molar-refractivity contribution < 1.29 is 14.6 Å². The van der Waals surface area contributed by atoms with Gasteiger partial charge >= 0.3 is 0 Å². The van der Waals surface area contributed by atoms with Crippen molar-refractivity contribution in [3.8, 4) is 16.8 Å². The number of amides is 1. The topological polar surface area (TPSA) is 120 Å². The van der Waals surface area contributed by atoms with E-state index in [2.05, 4.69) is 21.4 Å². The molecule has 2 saturated heterocycles. The van der Waals surface area contributed by atoms with Crippen molar-refractivity contribution >= 4 is 16.9 Å². The maximum absolute atomic E-state index is 13.4. The second-order valence-electron chi connectivity index (χ2n) is 12.1. The molecule has 11 nitrogen and oxygen atoms in total. The number of benzene rings is 1. The Kier molecular flexibility index (Phi) is 6.31. The summed E-state index contributed by atoms with van der Waals surface area (Å²) in [5, 5.41) is 20.7. The van der Waals surface area contributed by atoms with Crippen LogP contribution in [0.4, 0.5) is 0 Å². The fourth-order valence-electron chi connectivity index (χ4n) is 6.07. The Morgan fingerprint density at radius 1 is 1.02 bits per heavy atom. The van der Waals surface area contributed by atoms with Crippen molar-refractivity contribution in [2.45, 2.75) is 63.6 Å². The summed E-state index contributed by atoms with van der Waals surface area (Å²) >= 11 is 0. The van der Waals surface area contributed by atoms with Crippen LogP contribution < -0.4 is 5.56 Å². The number of rotatable bonds is 6. The number of carbonyl (C=O) groups is 1. The molecule has 0 spiro atoms. The lowest BCUT2D eigenvalue weighted by Crippen LogP contribution is -2.51. The minimum Gasteiger partial charge on any atom is -0.388 e. The van der Waals surface area contributed by atoms with Gasteiger partial charge in [0.1, 0.15) is 11.7 Å². The Hall–Kier alpha value is -3.83. The first-order valence-electron chi connectivity index (χ1n) is 14.5. The van der Waals surface area contributed by atoms with E-state index < -0.39 is 5.60 Å². The summed E-state index contributed by atoms with van der Waals surface area (Å²) in [5.41, 5.74) is 1.84. The fraction of sp³-hybridized carbons (Fsp3) is 0.500. The molecule has 2 aliphatic heterocycles. The van der Waals surface area contributed by atoms with Gasteiger partial charge in [-0.15, -0.1) is 0 Å². The number of hydrogen-bond donors (Lipinski definition) is 1. The van der Waals surface area contributed by atoms with Gasteiger partial charge in [0.05, 0.1) is 36.3 Å². The van der Waals surface area contributed by atoms with Crippen LogP contribution in [0.1, 0.15) is 51.5 Å². The molecular formula is C30H35N7O4. The number of likely N-dealkylation sites (tertiary alicyclic amines) is 1. The predicted octanol–water partition coefficient (Wildman–Crippen LogP) is 2.95. The molecule has 4 aromatic rings. The smallest absolute Gasteiger partial charge is 0.264 e.